The molecule has 2 aromatic heterocycles. The summed E-state index contributed by atoms with van der Waals surface area (Å²) in [4.78, 5) is 24.0. The third kappa shape index (κ3) is 7.92. The predicted octanol–water partition coefficient (Wildman–Crippen LogP) is 2.67. The Morgan fingerprint density at radius 1 is 1.22 bits per heavy atom. The van der Waals surface area contributed by atoms with Crippen LogP contribution in [0.1, 0.15) is 37.3 Å². The molecule has 0 aliphatic heterocycles. The van der Waals surface area contributed by atoms with E-state index in [1.165, 1.54) is 4.57 Å². The first-order chi connectivity index (χ1) is 19.6. The Labute approximate surface area is 242 Å². The van der Waals surface area contributed by atoms with Gasteiger partial charge >= 0.3 is 5.69 Å². The van der Waals surface area contributed by atoms with Crippen molar-refractivity contribution in [3.05, 3.63) is 81.1 Å². The van der Waals surface area contributed by atoms with Crippen molar-refractivity contribution < 1.29 is 20.0 Å². The quantitative estimate of drug-likeness (QED) is 0.119. The zero-order valence-electron chi connectivity index (χ0n) is 22.9. The molecule has 0 amide bonds. The zero-order valence-corrected chi connectivity index (χ0v) is 23.7. The van der Waals surface area contributed by atoms with Crippen molar-refractivity contribution in [2.24, 2.45) is 16.5 Å². The molecule has 0 saturated carbocycles. The monoisotopic (exact) mass is 584 g/mol. The van der Waals surface area contributed by atoms with Crippen molar-refractivity contribution in [2.75, 3.05) is 13.2 Å². The molecule has 4 aromatic rings. The first-order valence-corrected chi connectivity index (χ1v) is 13.8. The number of aliphatic hydroxyl groups is 1. The van der Waals surface area contributed by atoms with Crippen LogP contribution in [0.3, 0.4) is 0 Å². The number of aryl methyl sites for hydroxylation is 1. The second-order valence-electron chi connectivity index (χ2n) is 10.2. The molecule has 2 aromatic carbocycles. The summed E-state index contributed by atoms with van der Waals surface area (Å²) in [5, 5.41) is 10.2. The molecular formula is C29H36ClFN7O3+. The van der Waals surface area contributed by atoms with E-state index in [1.54, 1.807) is 36.5 Å². The van der Waals surface area contributed by atoms with E-state index in [4.69, 9.17) is 27.8 Å². The van der Waals surface area contributed by atoms with Crippen LogP contribution in [0.2, 0.25) is 5.02 Å². The Kier molecular flexibility index (Phi) is 10.1. The van der Waals surface area contributed by atoms with Gasteiger partial charge in [0.15, 0.2) is 11.8 Å². The maximum atomic E-state index is 15.0. The molecular weight excluding hydrogens is 549 g/mol. The van der Waals surface area contributed by atoms with E-state index in [-0.39, 0.29) is 24.2 Å². The lowest BCUT2D eigenvalue weighted by molar-refractivity contribution is -0.415. The lowest BCUT2D eigenvalue weighted by Crippen LogP contribution is -2.58. The average Bonchev–Trinajstić information content (AvgIpc) is 3.34. The number of ether oxygens (including phenoxy) is 1. The van der Waals surface area contributed by atoms with Gasteiger partial charge in [-0.25, -0.2) is 9.18 Å². The van der Waals surface area contributed by atoms with Gasteiger partial charge in [-0.3, -0.25) is 9.56 Å². The third-order valence-electron chi connectivity index (χ3n) is 6.70. The maximum Gasteiger partial charge on any atom is 0.354 e. The number of H-pyrrole nitrogens is 1. The molecule has 0 spiro atoms. The molecule has 0 saturated heterocycles. The highest BCUT2D eigenvalue weighted by Gasteiger charge is 2.16. The van der Waals surface area contributed by atoms with Gasteiger partial charge in [0.25, 0.3) is 0 Å². The van der Waals surface area contributed by atoms with Crippen LogP contribution in [0.4, 0.5) is 4.39 Å². The molecule has 4 rings (SSSR count). The number of fused-ring (bicyclic) bond motifs is 1. The zero-order chi connectivity index (χ0) is 29.5. The number of aliphatic hydroxyl groups excluding tert-OH is 1. The Hall–Kier alpha value is -3.77. The van der Waals surface area contributed by atoms with Crippen molar-refractivity contribution >= 4 is 28.6 Å². The van der Waals surface area contributed by atoms with E-state index in [0.29, 0.717) is 47.0 Å². The van der Waals surface area contributed by atoms with Crippen molar-refractivity contribution in [1.82, 2.24) is 14.5 Å². The highest BCUT2D eigenvalue weighted by Crippen LogP contribution is 2.31. The minimum absolute atomic E-state index is 0.00697. The predicted molar refractivity (Wildman–Crippen MR) is 158 cm³/mol. The second kappa shape index (κ2) is 13.7. The maximum absolute atomic E-state index is 15.0. The molecule has 9 N–H and O–H groups in total. The summed E-state index contributed by atoms with van der Waals surface area (Å²) in [6.07, 6.45) is 4.38. The molecule has 2 unspecified atom stereocenters. The molecule has 0 bridgehead atoms. The SMILES string of the molecule is CC([NH3+])CCCc1cc(Cl)c(F)c(-c2cc3cn(-c4ccc(COC(CO)CCN=C(N)N)cc4)c(=O)nc3[nH]2)c1. The van der Waals surface area contributed by atoms with Crippen LogP contribution in [0, 0.1) is 5.82 Å². The van der Waals surface area contributed by atoms with Crippen LogP contribution in [0.15, 0.2) is 58.4 Å². The van der Waals surface area contributed by atoms with E-state index in [9.17, 15) is 9.90 Å². The largest absolute Gasteiger partial charge is 0.394 e. The lowest BCUT2D eigenvalue weighted by Gasteiger charge is -2.15. The van der Waals surface area contributed by atoms with Crippen LogP contribution >= 0.6 is 11.6 Å². The van der Waals surface area contributed by atoms with Crippen LogP contribution < -0.4 is 22.9 Å². The number of halogens is 2. The smallest absolute Gasteiger partial charge is 0.354 e. The van der Waals surface area contributed by atoms with Gasteiger partial charge in [0, 0.05) is 23.7 Å². The first-order valence-electron chi connectivity index (χ1n) is 13.5. The van der Waals surface area contributed by atoms with Crippen LogP contribution in [-0.4, -0.2) is 50.9 Å². The fourth-order valence-electron chi connectivity index (χ4n) is 4.50. The number of hydrogen-bond acceptors (Lipinski definition) is 5. The number of rotatable bonds is 13. The van der Waals surface area contributed by atoms with Gasteiger partial charge in [0.1, 0.15) is 5.65 Å². The number of quaternary nitrogens is 1. The summed E-state index contributed by atoms with van der Waals surface area (Å²) < 4.78 is 22.2. The van der Waals surface area contributed by atoms with Crippen LogP contribution in [0.25, 0.3) is 28.0 Å². The van der Waals surface area contributed by atoms with E-state index in [2.05, 4.69) is 27.6 Å². The molecule has 2 heterocycles. The molecule has 12 heteroatoms. The fraction of sp³-hybridized carbons (Fsp3) is 0.345. The van der Waals surface area contributed by atoms with Crippen LogP contribution in [0.5, 0.6) is 0 Å². The van der Waals surface area contributed by atoms with Crippen molar-refractivity contribution in [3.63, 3.8) is 0 Å². The number of aliphatic imine (C=N–C) groups is 1. The number of nitrogens with two attached hydrogens (primary N) is 2. The number of guanidine groups is 1. The second-order valence-corrected chi connectivity index (χ2v) is 10.6. The van der Waals surface area contributed by atoms with Crippen molar-refractivity contribution in [2.45, 2.75) is 51.4 Å². The summed E-state index contributed by atoms with van der Waals surface area (Å²) in [5.74, 6) is -0.535. The molecule has 218 valence electrons. The number of nitrogens with one attached hydrogen (secondary N) is 1. The minimum atomic E-state index is -0.528. The van der Waals surface area contributed by atoms with Gasteiger partial charge in [0.2, 0.25) is 0 Å². The van der Waals surface area contributed by atoms with E-state index < -0.39 is 17.6 Å². The highest BCUT2D eigenvalue weighted by atomic mass is 35.5. The topological polar surface area (TPSA) is 172 Å². The Morgan fingerprint density at radius 3 is 2.66 bits per heavy atom. The normalized spacial score (nSPS) is 12.9. The number of aromatic nitrogens is 3. The molecule has 41 heavy (non-hydrogen) atoms. The summed E-state index contributed by atoms with van der Waals surface area (Å²) in [7, 11) is 0. The van der Waals surface area contributed by atoms with Gasteiger partial charge < -0.3 is 32.0 Å². The van der Waals surface area contributed by atoms with Gasteiger partial charge in [0.05, 0.1) is 41.8 Å². The lowest BCUT2D eigenvalue weighted by atomic mass is 10.0. The third-order valence-corrected chi connectivity index (χ3v) is 6.97. The molecule has 0 radical (unpaired) electrons. The molecule has 2 atom stereocenters. The number of aromatic amines is 1. The summed E-state index contributed by atoms with van der Waals surface area (Å²) in [6, 6.07) is 12.8. The molecule has 0 aliphatic rings. The average molecular weight is 585 g/mol. The van der Waals surface area contributed by atoms with Gasteiger partial charge in [-0.05, 0) is 74.1 Å². The first kappa shape index (κ1) is 30.2. The van der Waals surface area contributed by atoms with E-state index >= 15 is 4.39 Å². The van der Waals surface area contributed by atoms with E-state index in [0.717, 1.165) is 30.4 Å². The number of nitrogens with zero attached hydrogens (tertiary/aromatic N) is 3. The van der Waals surface area contributed by atoms with Gasteiger partial charge in [-0.1, -0.05) is 23.7 Å². The standard InChI is InChI=1S/C29H35ClFN7O3/c1-17(32)3-2-4-19-11-23(26(31)24(30)12-19)25-13-20-14-38(29(40)37-27(20)36-25)21-7-5-18(6-8-21)16-41-22(15-39)9-10-35-28(33)34/h5-8,11-14,17,22,39H,2-4,9-10,15-16,32H2,1H3,(H4,33,34,35)(H,36,37,40)/p+1. The molecule has 0 aliphatic carbocycles. The fourth-order valence-corrected chi connectivity index (χ4v) is 4.74. The minimum Gasteiger partial charge on any atom is -0.394 e. The Bertz CT molecular complexity index is 1560. The van der Waals surface area contributed by atoms with E-state index in [1.807, 2.05) is 12.1 Å². The number of hydrogen-bond donors (Lipinski definition) is 5. The van der Waals surface area contributed by atoms with Crippen LogP contribution in [-0.2, 0) is 17.8 Å². The number of benzene rings is 2. The summed E-state index contributed by atoms with van der Waals surface area (Å²) >= 11 is 6.23. The van der Waals surface area contributed by atoms with Crippen molar-refractivity contribution in [1.29, 1.82) is 0 Å². The Balaban J connectivity index is 1.52. The van der Waals surface area contributed by atoms with Crippen molar-refractivity contribution in [3.8, 4) is 16.9 Å². The molecule has 10 nitrogen and oxygen atoms in total. The van der Waals surface area contributed by atoms with Gasteiger partial charge in [-0.15, -0.1) is 0 Å². The summed E-state index contributed by atoms with van der Waals surface area (Å²) in [6.45, 7) is 2.53. The van der Waals surface area contributed by atoms with Gasteiger partial charge in [-0.2, -0.15) is 4.98 Å². The Morgan fingerprint density at radius 2 is 1.98 bits per heavy atom. The summed E-state index contributed by atoms with van der Waals surface area (Å²) in [5.41, 5.74) is 17.8. The highest BCUT2D eigenvalue weighted by molar-refractivity contribution is 6.31. The molecule has 0 fully saturated rings.